The van der Waals surface area contributed by atoms with Gasteiger partial charge in [0.1, 0.15) is 6.10 Å². The summed E-state index contributed by atoms with van der Waals surface area (Å²) in [6, 6.07) is 0. The molecule has 0 aromatic rings. The molecule has 0 aromatic heterocycles. The van der Waals surface area contributed by atoms with Crippen molar-refractivity contribution >= 4 is 0 Å². The van der Waals surface area contributed by atoms with E-state index in [4.69, 9.17) is 20.3 Å². The Morgan fingerprint density at radius 2 is 2.06 bits per heavy atom. The van der Waals surface area contributed by atoms with Gasteiger partial charge in [-0.25, -0.2) is 0 Å². The van der Waals surface area contributed by atoms with Gasteiger partial charge in [0.15, 0.2) is 0 Å². The first-order valence-electron chi connectivity index (χ1n) is 5.87. The van der Waals surface area contributed by atoms with Crippen molar-refractivity contribution in [3.8, 4) is 0 Å². The lowest BCUT2D eigenvalue weighted by Crippen LogP contribution is -2.54. The van der Waals surface area contributed by atoms with E-state index in [9.17, 15) is 5.11 Å². The second-order valence-corrected chi connectivity index (χ2v) is 4.39. The van der Waals surface area contributed by atoms with Gasteiger partial charge in [0, 0.05) is 12.5 Å². The zero-order valence-electron chi connectivity index (χ0n) is 10.0. The highest BCUT2D eigenvalue weighted by atomic mass is 16.6. The minimum Gasteiger partial charge on any atom is -0.394 e. The van der Waals surface area contributed by atoms with Crippen LogP contribution in [0.2, 0.25) is 0 Å². The van der Waals surface area contributed by atoms with Gasteiger partial charge in [0.2, 0.25) is 0 Å². The number of ether oxygens (including phenoxy) is 2. The molecule has 1 fully saturated rings. The smallest absolute Gasteiger partial charge is 0.110 e. The fraction of sp³-hybridized carbons (Fsp3) is 1.00. The maximum Gasteiger partial charge on any atom is 0.110 e. The van der Waals surface area contributed by atoms with Crippen LogP contribution in [0.1, 0.15) is 20.3 Å². The molecule has 0 spiro atoms. The summed E-state index contributed by atoms with van der Waals surface area (Å²) in [5.41, 5.74) is 5.38. The van der Waals surface area contributed by atoms with Crippen LogP contribution in [0.4, 0.5) is 0 Å². The van der Waals surface area contributed by atoms with Gasteiger partial charge in [-0.15, -0.1) is 0 Å². The van der Waals surface area contributed by atoms with Gasteiger partial charge < -0.3 is 25.4 Å². The highest BCUT2D eigenvalue weighted by Gasteiger charge is 2.41. The second kappa shape index (κ2) is 6.51. The quantitative estimate of drug-likeness (QED) is 0.557. The first kappa shape index (κ1) is 13.9. The summed E-state index contributed by atoms with van der Waals surface area (Å²) in [5, 5.41) is 19.2. The minimum absolute atomic E-state index is 0.0713. The van der Waals surface area contributed by atoms with Gasteiger partial charge in [0.05, 0.1) is 24.9 Å². The number of aliphatic hydroxyl groups is 2. The minimum atomic E-state index is -0.598. The van der Waals surface area contributed by atoms with E-state index in [1.807, 2.05) is 13.8 Å². The third-order valence-corrected chi connectivity index (χ3v) is 3.15. The molecule has 1 rings (SSSR count). The topological polar surface area (TPSA) is 84.9 Å². The molecule has 5 heteroatoms. The summed E-state index contributed by atoms with van der Waals surface area (Å²) in [6.07, 6.45) is -0.670. The number of aliphatic hydroxyl groups excluding tert-OH is 2. The van der Waals surface area contributed by atoms with Crippen molar-refractivity contribution in [2.24, 2.45) is 11.7 Å². The zero-order chi connectivity index (χ0) is 12.1. The number of hydrogen-bond acceptors (Lipinski definition) is 5. The number of nitrogens with two attached hydrogens (primary N) is 1. The van der Waals surface area contributed by atoms with Crippen LogP contribution in [-0.2, 0) is 9.47 Å². The molecule has 0 unspecified atom stereocenters. The molecule has 0 aromatic carbocycles. The molecule has 4 N–H and O–H groups in total. The van der Waals surface area contributed by atoms with Gasteiger partial charge in [-0.05, 0) is 19.9 Å². The molecule has 0 radical (unpaired) electrons. The lowest BCUT2D eigenvalue weighted by molar-refractivity contribution is -0.213. The molecular weight excluding hydrogens is 210 g/mol. The molecule has 0 aliphatic carbocycles. The summed E-state index contributed by atoms with van der Waals surface area (Å²) in [4.78, 5) is 0. The molecule has 5 atom stereocenters. The van der Waals surface area contributed by atoms with Crippen LogP contribution in [0.5, 0.6) is 0 Å². The Kier molecular flexibility index (Phi) is 5.64. The van der Waals surface area contributed by atoms with E-state index < -0.39 is 6.10 Å². The van der Waals surface area contributed by atoms with Crippen LogP contribution in [0.3, 0.4) is 0 Å². The third kappa shape index (κ3) is 3.15. The molecule has 0 amide bonds. The Morgan fingerprint density at radius 1 is 1.38 bits per heavy atom. The Labute approximate surface area is 96.5 Å². The van der Waals surface area contributed by atoms with Crippen LogP contribution >= 0.6 is 0 Å². The molecule has 0 bridgehead atoms. The molecule has 0 saturated carbocycles. The van der Waals surface area contributed by atoms with Gasteiger partial charge in [-0.1, -0.05) is 6.92 Å². The summed E-state index contributed by atoms with van der Waals surface area (Å²) >= 11 is 0. The largest absolute Gasteiger partial charge is 0.394 e. The Morgan fingerprint density at radius 3 is 2.62 bits per heavy atom. The van der Waals surface area contributed by atoms with Crippen molar-refractivity contribution in [1.82, 2.24) is 0 Å². The maximum absolute atomic E-state index is 10.1. The van der Waals surface area contributed by atoms with Crippen LogP contribution in [0.15, 0.2) is 0 Å². The van der Waals surface area contributed by atoms with Crippen LogP contribution in [0, 0.1) is 5.92 Å². The van der Waals surface area contributed by atoms with Crippen LogP contribution in [-0.4, -0.2) is 54.4 Å². The van der Waals surface area contributed by atoms with Gasteiger partial charge >= 0.3 is 0 Å². The lowest BCUT2D eigenvalue weighted by Gasteiger charge is -2.41. The highest BCUT2D eigenvalue weighted by molar-refractivity contribution is 4.89. The summed E-state index contributed by atoms with van der Waals surface area (Å²) in [5.74, 6) is -0.121. The number of rotatable bonds is 5. The fourth-order valence-electron chi connectivity index (χ4n) is 2.02. The molecule has 16 heavy (non-hydrogen) atoms. The average molecular weight is 233 g/mol. The van der Waals surface area contributed by atoms with E-state index in [0.29, 0.717) is 13.2 Å². The van der Waals surface area contributed by atoms with E-state index >= 15 is 0 Å². The molecular formula is C11H23NO4. The van der Waals surface area contributed by atoms with Crippen molar-refractivity contribution in [3.63, 3.8) is 0 Å². The first-order chi connectivity index (χ1) is 7.61. The fourth-order valence-corrected chi connectivity index (χ4v) is 2.02. The predicted octanol–water partition coefficient (Wildman–Crippen LogP) is -0.503. The maximum atomic E-state index is 10.1. The first-order valence-corrected chi connectivity index (χ1v) is 5.87. The van der Waals surface area contributed by atoms with Crippen LogP contribution in [0.25, 0.3) is 0 Å². The SMILES string of the molecule is C[C@H]1[C@H](O)[C@@H](OCCCN)[C@@H](C)O[C@@H]1CO. The van der Waals surface area contributed by atoms with E-state index in [1.54, 1.807) is 0 Å². The Bertz CT molecular complexity index is 202. The summed E-state index contributed by atoms with van der Waals surface area (Å²) in [6.45, 7) is 4.75. The molecule has 5 nitrogen and oxygen atoms in total. The summed E-state index contributed by atoms with van der Waals surface area (Å²) in [7, 11) is 0. The van der Waals surface area contributed by atoms with Crippen LogP contribution < -0.4 is 5.73 Å². The molecule has 1 aliphatic rings. The monoisotopic (exact) mass is 233 g/mol. The van der Waals surface area contributed by atoms with E-state index in [1.165, 1.54) is 0 Å². The van der Waals surface area contributed by atoms with Crippen molar-refractivity contribution in [2.45, 2.75) is 44.7 Å². The van der Waals surface area contributed by atoms with Gasteiger partial charge in [-0.3, -0.25) is 0 Å². The molecule has 1 heterocycles. The summed E-state index contributed by atoms with van der Waals surface area (Å²) < 4.78 is 11.2. The Balaban J connectivity index is 2.50. The highest BCUT2D eigenvalue weighted by Crippen LogP contribution is 2.27. The number of hydrogen-bond donors (Lipinski definition) is 3. The zero-order valence-corrected chi connectivity index (χ0v) is 10.0. The third-order valence-electron chi connectivity index (χ3n) is 3.15. The average Bonchev–Trinajstić information content (AvgIpc) is 2.28. The second-order valence-electron chi connectivity index (χ2n) is 4.39. The predicted molar refractivity (Wildman–Crippen MR) is 60.0 cm³/mol. The van der Waals surface area contributed by atoms with Crippen molar-refractivity contribution in [3.05, 3.63) is 0 Å². The van der Waals surface area contributed by atoms with E-state index in [0.717, 1.165) is 6.42 Å². The van der Waals surface area contributed by atoms with Crippen molar-refractivity contribution in [1.29, 1.82) is 0 Å². The van der Waals surface area contributed by atoms with E-state index in [-0.39, 0.29) is 30.8 Å². The molecule has 1 saturated heterocycles. The van der Waals surface area contributed by atoms with Gasteiger partial charge in [0.25, 0.3) is 0 Å². The Hall–Kier alpha value is -0.200. The van der Waals surface area contributed by atoms with E-state index in [2.05, 4.69) is 0 Å². The molecule has 1 aliphatic heterocycles. The standard InChI is InChI=1S/C11H23NO4/c1-7-9(6-13)16-8(2)11(10(7)14)15-5-3-4-12/h7-11,13-14H,3-6,12H2,1-2H3/t7-,8-,9-,10+,11+/m1/s1. The lowest BCUT2D eigenvalue weighted by atomic mass is 9.88. The van der Waals surface area contributed by atoms with Gasteiger partial charge in [-0.2, -0.15) is 0 Å². The van der Waals surface area contributed by atoms with Crippen molar-refractivity contribution < 1.29 is 19.7 Å². The molecule has 96 valence electrons. The normalized spacial score (nSPS) is 39.9. The van der Waals surface area contributed by atoms with Crippen molar-refractivity contribution in [2.75, 3.05) is 19.8 Å².